The number of benzene rings is 2. The van der Waals surface area contributed by atoms with Gasteiger partial charge in [-0.05, 0) is 80.5 Å². The Morgan fingerprint density at radius 3 is 2.56 bits per heavy atom. The number of hydrogen-bond acceptors (Lipinski definition) is 3. The third-order valence-electron chi connectivity index (χ3n) is 5.15. The molecule has 1 saturated carbocycles. The fourth-order valence-corrected chi connectivity index (χ4v) is 3.40. The van der Waals surface area contributed by atoms with Crippen LogP contribution in [0.5, 0.6) is 0 Å². The van der Waals surface area contributed by atoms with Gasteiger partial charge in [-0.15, -0.1) is 0 Å². The van der Waals surface area contributed by atoms with Gasteiger partial charge in [0.25, 0.3) is 0 Å². The zero-order chi connectivity index (χ0) is 19.7. The molecule has 0 unspecified atom stereocenters. The molecule has 2 aromatic rings. The summed E-state index contributed by atoms with van der Waals surface area (Å²) in [4.78, 5) is 14.2. The normalized spacial score (nSPS) is 13.4. The molecule has 0 radical (unpaired) electrons. The minimum absolute atomic E-state index is 0.298. The maximum atomic E-state index is 14.4. The first-order valence-electron chi connectivity index (χ1n) is 9.34. The lowest BCUT2D eigenvalue weighted by Gasteiger charge is -2.26. The molecular formula is C23H26FNO2. The third-order valence-corrected chi connectivity index (χ3v) is 5.15. The van der Waals surface area contributed by atoms with Crippen LogP contribution in [0.1, 0.15) is 58.3 Å². The Balaban J connectivity index is 2.03. The Kier molecular flexibility index (Phi) is 5.36. The number of ether oxygens (including phenoxy) is 1. The Bertz CT molecular complexity index is 899. The molecule has 0 bridgehead atoms. The molecule has 3 nitrogen and oxygen atoms in total. The van der Waals surface area contributed by atoms with Crippen molar-refractivity contribution in [3.63, 3.8) is 0 Å². The van der Waals surface area contributed by atoms with Gasteiger partial charge in [0.1, 0.15) is 5.82 Å². The van der Waals surface area contributed by atoms with E-state index in [1.807, 2.05) is 44.0 Å². The molecule has 0 heterocycles. The van der Waals surface area contributed by atoms with Gasteiger partial charge >= 0.3 is 5.97 Å². The van der Waals surface area contributed by atoms with Gasteiger partial charge in [-0.3, -0.25) is 0 Å². The summed E-state index contributed by atoms with van der Waals surface area (Å²) in [7, 11) is 1.86. The highest BCUT2D eigenvalue weighted by atomic mass is 19.1. The van der Waals surface area contributed by atoms with Crippen molar-refractivity contribution in [3.8, 4) is 0 Å². The van der Waals surface area contributed by atoms with Crippen LogP contribution in [0.4, 0.5) is 10.1 Å². The molecular weight excluding hydrogens is 341 g/mol. The fourth-order valence-electron chi connectivity index (χ4n) is 3.40. The van der Waals surface area contributed by atoms with Crippen LogP contribution in [0.3, 0.4) is 0 Å². The second-order valence-corrected chi connectivity index (χ2v) is 7.19. The summed E-state index contributed by atoms with van der Waals surface area (Å²) in [6.45, 7) is 10.1. The number of anilines is 1. The van der Waals surface area contributed by atoms with E-state index in [9.17, 15) is 9.18 Å². The van der Waals surface area contributed by atoms with Crippen molar-refractivity contribution in [1.82, 2.24) is 0 Å². The molecule has 0 N–H and O–H groups in total. The second-order valence-electron chi connectivity index (χ2n) is 7.19. The molecule has 0 spiro atoms. The van der Waals surface area contributed by atoms with E-state index in [1.54, 1.807) is 13.0 Å². The minimum atomic E-state index is -0.332. The first-order valence-corrected chi connectivity index (χ1v) is 9.34. The van der Waals surface area contributed by atoms with Crippen LogP contribution in [0.2, 0.25) is 0 Å². The van der Waals surface area contributed by atoms with E-state index in [0.717, 1.165) is 29.7 Å². The molecule has 142 valence electrons. The predicted molar refractivity (Wildman–Crippen MR) is 108 cm³/mol. The monoisotopic (exact) mass is 367 g/mol. The Morgan fingerprint density at radius 1 is 1.26 bits per heavy atom. The zero-order valence-electron chi connectivity index (χ0n) is 16.4. The third kappa shape index (κ3) is 3.90. The molecule has 2 aromatic carbocycles. The highest BCUT2D eigenvalue weighted by molar-refractivity contribution is 5.92. The highest BCUT2D eigenvalue weighted by Crippen LogP contribution is 2.44. The average Bonchev–Trinajstić information content (AvgIpc) is 3.46. The van der Waals surface area contributed by atoms with E-state index in [1.165, 1.54) is 11.6 Å². The van der Waals surface area contributed by atoms with Crippen molar-refractivity contribution in [3.05, 3.63) is 70.5 Å². The van der Waals surface area contributed by atoms with Crippen LogP contribution in [0, 0.1) is 19.7 Å². The van der Waals surface area contributed by atoms with Gasteiger partial charge in [-0.2, -0.15) is 0 Å². The molecule has 1 fully saturated rings. The summed E-state index contributed by atoms with van der Waals surface area (Å²) in [5.74, 6) is -0.148. The lowest BCUT2D eigenvalue weighted by molar-refractivity contribution is 0.0526. The second kappa shape index (κ2) is 7.55. The smallest absolute Gasteiger partial charge is 0.338 e. The number of carbonyl (C=O) groups is 1. The summed E-state index contributed by atoms with van der Waals surface area (Å²) in [5.41, 5.74) is 5.52. The topological polar surface area (TPSA) is 29.5 Å². The summed E-state index contributed by atoms with van der Waals surface area (Å²) in [6.07, 6.45) is 2.26. The quantitative estimate of drug-likeness (QED) is 0.622. The number of carbonyl (C=O) groups excluding carboxylic acids is 1. The molecule has 3 rings (SSSR count). The summed E-state index contributed by atoms with van der Waals surface area (Å²) < 4.78 is 19.6. The molecule has 27 heavy (non-hydrogen) atoms. The number of aryl methyl sites for hydroxylation is 1. The molecule has 1 aliphatic rings. The van der Waals surface area contributed by atoms with Crippen molar-refractivity contribution < 1.29 is 13.9 Å². The number of halogens is 1. The summed E-state index contributed by atoms with van der Waals surface area (Å²) in [6, 6.07) is 8.88. The number of nitrogens with zero attached hydrogens (tertiary/aromatic N) is 1. The first kappa shape index (κ1) is 19.2. The van der Waals surface area contributed by atoms with E-state index in [0.29, 0.717) is 29.3 Å². The van der Waals surface area contributed by atoms with Gasteiger partial charge < -0.3 is 9.64 Å². The van der Waals surface area contributed by atoms with Gasteiger partial charge in [-0.25, -0.2) is 9.18 Å². The maximum absolute atomic E-state index is 14.4. The Morgan fingerprint density at radius 2 is 1.96 bits per heavy atom. The lowest BCUT2D eigenvalue weighted by Crippen LogP contribution is -2.18. The highest BCUT2D eigenvalue weighted by Gasteiger charge is 2.28. The maximum Gasteiger partial charge on any atom is 0.338 e. The fraction of sp³-hybridized carbons (Fsp3) is 0.348. The van der Waals surface area contributed by atoms with E-state index in [4.69, 9.17) is 4.74 Å². The number of rotatable bonds is 6. The van der Waals surface area contributed by atoms with Crippen LogP contribution in [-0.4, -0.2) is 19.6 Å². The van der Waals surface area contributed by atoms with Crippen LogP contribution < -0.4 is 4.90 Å². The molecule has 0 amide bonds. The molecule has 1 aliphatic carbocycles. The molecule has 0 saturated heterocycles. The van der Waals surface area contributed by atoms with Gasteiger partial charge in [-0.1, -0.05) is 12.6 Å². The average molecular weight is 367 g/mol. The SMILES string of the molecule is C=C(c1ccc(C)cc1F)N(C)c1cc(C(=O)OCC)cc(C2CC2)c1C. The van der Waals surface area contributed by atoms with Crippen LogP contribution >= 0.6 is 0 Å². The summed E-state index contributed by atoms with van der Waals surface area (Å²) >= 11 is 0. The van der Waals surface area contributed by atoms with E-state index >= 15 is 0 Å². The van der Waals surface area contributed by atoms with E-state index in [-0.39, 0.29) is 11.8 Å². The predicted octanol–water partition coefficient (Wildman–Crippen LogP) is 5.60. The molecule has 4 heteroatoms. The van der Waals surface area contributed by atoms with Crippen molar-refractivity contribution in [2.24, 2.45) is 0 Å². The largest absolute Gasteiger partial charge is 0.462 e. The lowest BCUT2D eigenvalue weighted by atomic mass is 9.97. The molecule has 0 aromatic heterocycles. The van der Waals surface area contributed by atoms with Crippen LogP contribution in [-0.2, 0) is 4.74 Å². The first-order chi connectivity index (χ1) is 12.8. The van der Waals surface area contributed by atoms with Gasteiger partial charge in [0, 0.05) is 24.0 Å². The zero-order valence-corrected chi connectivity index (χ0v) is 16.4. The van der Waals surface area contributed by atoms with Crippen molar-refractivity contribution >= 4 is 17.4 Å². The molecule has 0 aliphatic heterocycles. The number of hydrogen-bond donors (Lipinski definition) is 0. The van der Waals surface area contributed by atoms with Crippen molar-refractivity contribution in [2.45, 2.75) is 39.5 Å². The van der Waals surface area contributed by atoms with Crippen molar-refractivity contribution in [1.29, 1.82) is 0 Å². The van der Waals surface area contributed by atoms with Gasteiger partial charge in [0.05, 0.1) is 12.2 Å². The summed E-state index contributed by atoms with van der Waals surface area (Å²) in [5, 5.41) is 0. The Labute approximate surface area is 160 Å². The van der Waals surface area contributed by atoms with Crippen LogP contribution in [0.25, 0.3) is 5.70 Å². The van der Waals surface area contributed by atoms with Gasteiger partial charge in [0.2, 0.25) is 0 Å². The minimum Gasteiger partial charge on any atom is -0.462 e. The standard InChI is InChI=1S/C23H26FNO2/c1-6-27-23(26)18-12-20(17-8-9-17)15(3)22(13-18)25(5)16(4)19-10-7-14(2)11-21(19)24/h7,10-13,17H,4,6,8-9H2,1-3,5H3. The van der Waals surface area contributed by atoms with Crippen molar-refractivity contribution in [2.75, 3.05) is 18.6 Å². The number of esters is 1. The van der Waals surface area contributed by atoms with Crippen LogP contribution in [0.15, 0.2) is 36.9 Å². The molecule has 0 atom stereocenters. The van der Waals surface area contributed by atoms with E-state index < -0.39 is 0 Å². The van der Waals surface area contributed by atoms with E-state index in [2.05, 4.69) is 6.58 Å². The van der Waals surface area contributed by atoms with Gasteiger partial charge in [0.15, 0.2) is 0 Å². The Hall–Kier alpha value is -2.62.